The normalized spacial score (nSPS) is 13.6. The second kappa shape index (κ2) is 14.3. The predicted molar refractivity (Wildman–Crippen MR) is 140 cm³/mol. The van der Waals surface area contributed by atoms with Crippen LogP contribution in [-0.2, 0) is 27.3 Å². The average molecular weight is 489 g/mol. The van der Waals surface area contributed by atoms with Crippen LogP contribution in [0.15, 0.2) is 59.7 Å². The van der Waals surface area contributed by atoms with Gasteiger partial charge in [0.2, 0.25) is 11.4 Å². The summed E-state index contributed by atoms with van der Waals surface area (Å²) in [5.74, 6) is 0. The molecule has 1 aliphatic rings. The Kier molecular flexibility index (Phi) is 11.8. The minimum atomic E-state index is 0.929. The van der Waals surface area contributed by atoms with Crippen LogP contribution in [0.4, 0.5) is 0 Å². The SMILES string of the molecule is CCCCCC1=C(c2cccc(CC)c2)[N+](=[N-])C(c2cccc(CC)c2)=C1C.C[CH2][Ni][CH2]C. The molecule has 0 amide bonds. The van der Waals surface area contributed by atoms with Crippen LogP contribution in [0, 0.1) is 0 Å². The Bertz CT molecular complexity index is 982. The number of nitrogens with zero attached hydrogens (tertiary/aromatic N) is 2. The Labute approximate surface area is 208 Å². The van der Waals surface area contributed by atoms with E-state index in [1.54, 1.807) is 0 Å². The Balaban J connectivity index is 0.000000696. The van der Waals surface area contributed by atoms with Gasteiger partial charge in [-0.1, -0.05) is 57.9 Å². The van der Waals surface area contributed by atoms with Gasteiger partial charge in [-0.05, 0) is 68.0 Å². The predicted octanol–water partition coefficient (Wildman–Crippen LogP) is 9.53. The quantitative estimate of drug-likeness (QED) is 0.180. The summed E-state index contributed by atoms with van der Waals surface area (Å²) in [6, 6.07) is 17.2. The molecule has 0 N–H and O–H groups in total. The summed E-state index contributed by atoms with van der Waals surface area (Å²) < 4.78 is 1.44. The van der Waals surface area contributed by atoms with Gasteiger partial charge in [-0.3, -0.25) is 0 Å². The molecule has 2 nitrogen and oxygen atoms in total. The molecule has 182 valence electrons. The molecule has 2 aromatic carbocycles. The van der Waals surface area contributed by atoms with E-state index in [4.69, 9.17) is 0 Å². The monoisotopic (exact) mass is 488 g/mol. The molecule has 0 spiro atoms. The number of hydrogen-bond donors (Lipinski definition) is 0. The third-order valence-electron chi connectivity index (χ3n) is 6.08. The van der Waals surface area contributed by atoms with Crippen molar-refractivity contribution >= 4 is 11.4 Å². The molecule has 0 saturated heterocycles. The Hall–Kier alpha value is -1.99. The summed E-state index contributed by atoms with van der Waals surface area (Å²) in [4.78, 5) is 0. The number of allylic oxidation sites excluding steroid dienone is 2. The summed E-state index contributed by atoms with van der Waals surface area (Å²) in [7, 11) is 0. The molecular formula is C30H42N2Ni. The fraction of sp³-hybridized carbons (Fsp3) is 0.467. The van der Waals surface area contributed by atoms with Crippen LogP contribution in [0.5, 0.6) is 0 Å². The molecule has 3 heteroatoms. The van der Waals surface area contributed by atoms with Gasteiger partial charge in [0.25, 0.3) is 0 Å². The van der Waals surface area contributed by atoms with Crippen molar-refractivity contribution in [1.29, 1.82) is 0 Å². The van der Waals surface area contributed by atoms with E-state index in [0.717, 1.165) is 48.2 Å². The molecule has 0 aliphatic carbocycles. The van der Waals surface area contributed by atoms with E-state index in [1.807, 2.05) is 14.4 Å². The fourth-order valence-electron chi connectivity index (χ4n) is 4.25. The number of unbranched alkanes of at least 4 members (excludes halogenated alkanes) is 2. The minimum absolute atomic E-state index is 0.929. The standard InChI is InChI=1S/C26H32N2.2C2H5.Ni/c1-5-8-9-16-24-19(4)25(22-14-10-12-20(6-2)17-22)28(27)26(24)23-15-11-13-21(7-3)18-23;2*1-2;/h10-15,17-18H,5-9,16H2,1-4H3;2*1H2,2H3;. The van der Waals surface area contributed by atoms with Crippen LogP contribution in [0.3, 0.4) is 0 Å². The third-order valence-corrected chi connectivity index (χ3v) is 7.07. The zero-order valence-electron chi connectivity index (χ0n) is 21.5. The number of hydrogen-bond acceptors (Lipinski definition) is 0. The van der Waals surface area contributed by atoms with Crippen LogP contribution in [0.2, 0.25) is 10.8 Å². The first-order valence-corrected chi connectivity index (χ1v) is 14.0. The van der Waals surface area contributed by atoms with E-state index >= 15 is 0 Å². The van der Waals surface area contributed by atoms with Crippen molar-refractivity contribution < 1.29 is 19.1 Å². The molecule has 33 heavy (non-hydrogen) atoms. The maximum absolute atomic E-state index is 11.3. The molecule has 2 aromatic rings. The van der Waals surface area contributed by atoms with E-state index in [0.29, 0.717) is 0 Å². The van der Waals surface area contributed by atoms with Gasteiger partial charge in [0, 0.05) is 22.3 Å². The molecule has 0 aromatic heterocycles. The van der Waals surface area contributed by atoms with Crippen molar-refractivity contribution in [2.45, 2.75) is 90.8 Å². The molecule has 1 aliphatic heterocycles. The Morgan fingerprint density at radius 1 is 0.758 bits per heavy atom. The molecule has 0 saturated carbocycles. The summed E-state index contributed by atoms with van der Waals surface area (Å²) in [6.45, 7) is 13.1. The first-order valence-electron chi connectivity index (χ1n) is 12.6. The number of aryl methyl sites for hydroxylation is 2. The molecule has 0 atom stereocenters. The van der Waals surface area contributed by atoms with Gasteiger partial charge in [0.1, 0.15) is 0 Å². The van der Waals surface area contributed by atoms with Crippen molar-refractivity contribution in [2.24, 2.45) is 0 Å². The third kappa shape index (κ3) is 7.25. The van der Waals surface area contributed by atoms with E-state index in [2.05, 4.69) is 90.1 Å². The first kappa shape index (κ1) is 27.3. The molecule has 1 heterocycles. The molecular weight excluding hydrogens is 447 g/mol. The maximum atomic E-state index is 11.3. The van der Waals surface area contributed by atoms with Crippen LogP contribution in [0.25, 0.3) is 16.9 Å². The van der Waals surface area contributed by atoms with E-state index in [-0.39, 0.29) is 0 Å². The van der Waals surface area contributed by atoms with Gasteiger partial charge >= 0.3 is 39.1 Å². The topological polar surface area (TPSA) is 25.3 Å². The van der Waals surface area contributed by atoms with Crippen molar-refractivity contribution in [3.8, 4) is 0 Å². The first-order chi connectivity index (χ1) is 16.0. The molecule has 3 rings (SSSR count). The number of benzene rings is 2. The van der Waals surface area contributed by atoms with Gasteiger partial charge in [-0.2, -0.15) is 0 Å². The van der Waals surface area contributed by atoms with Gasteiger partial charge in [0.05, 0.1) is 0 Å². The van der Waals surface area contributed by atoms with E-state index in [9.17, 15) is 5.53 Å². The molecule has 0 radical (unpaired) electrons. The summed E-state index contributed by atoms with van der Waals surface area (Å²) in [5, 5.41) is 2.56. The zero-order valence-corrected chi connectivity index (χ0v) is 22.5. The zero-order chi connectivity index (χ0) is 24.2. The second-order valence-electron chi connectivity index (χ2n) is 8.28. The van der Waals surface area contributed by atoms with Gasteiger partial charge in [0.15, 0.2) is 0 Å². The average Bonchev–Trinajstić information content (AvgIpc) is 3.09. The second-order valence-corrected chi connectivity index (χ2v) is 10.2. The van der Waals surface area contributed by atoms with Crippen LogP contribution in [-0.4, -0.2) is 4.70 Å². The van der Waals surface area contributed by atoms with Crippen molar-refractivity contribution in [3.63, 3.8) is 0 Å². The van der Waals surface area contributed by atoms with Gasteiger partial charge < -0.3 is 5.53 Å². The van der Waals surface area contributed by atoms with Crippen LogP contribution >= 0.6 is 0 Å². The fourth-order valence-corrected chi connectivity index (χ4v) is 4.74. The summed E-state index contributed by atoms with van der Waals surface area (Å²) in [5.41, 5.74) is 20.4. The van der Waals surface area contributed by atoms with Gasteiger partial charge in [-0.25, -0.2) is 4.70 Å². The van der Waals surface area contributed by atoms with Crippen molar-refractivity contribution in [1.82, 2.24) is 0 Å². The van der Waals surface area contributed by atoms with E-state index < -0.39 is 0 Å². The Morgan fingerprint density at radius 2 is 1.30 bits per heavy atom. The van der Waals surface area contributed by atoms with Crippen molar-refractivity contribution in [3.05, 3.63) is 87.5 Å². The van der Waals surface area contributed by atoms with Gasteiger partial charge in [-0.15, -0.1) is 0 Å². The Morgan fingerprint density at radius 3 is 1.76 bits per heavy atom. The van der Waals surface area contributed by atoms with Crippen LogP contribution in [0.1, 0.15) is 89.5 Å². The molecule has 0 fully saturated rings. The van der Waals surface area contributed by atoms with Crippen LogP contribution < -0.4 is 0 Å². The molecule has 0 unspecified atom stereocenters. The summed E-state index contributed by atoms with van der Waals surface area (Å²) in [6.07, 6.45) is 6.55. The van der Waals surface area contributed by atoms with E-state index in [1.165, 1.54) is 50.6 Å². The number of rotatable bonds is 10. The van der Waals surface area contributed by atoms with Crippen molar-refractivity contribution in [2.75, 3.05) is 0 Å². The molecule has 0 bridgehead atoms. The summed E-state index contributed by atoms with van der Waals surface area (Å²) >= 11 is 1.82.